The van der Waals surface area contributed by atoms with Gasteiger partial charge in [-0.05, 0) is 37.8 Å². The molecule has 2 aliphatic heterocycles. The maximum absolute atomic E-state index is 11.8. The summed E-state index contributed by atoms with van der Waals surface area (Å²) in [5, 5.41) is 20.5. The van der Waals surface area contributed by atoms with Gasteiger partial charge < -0.3 is 15.5 Å². The second-order valence-corrected chi connectivity index (χ2v) is 5.77. The van der Waals surface area contributed by atoms with E-state index in [1.54, 1.807) is 7.05 Å². The topological polar surface area (TPSA) is 116 Å². The lowest BCUT2D eigenvalue weighted by Gasteiger charge is -2.39. The number of fused-ring (bicyclic) bond motifs is 4. The van der Waals surface area contributed by atoms with Crippen LogP contribution in [0.15, 0.2) is 12.2 Å². The van der Waals surface area contributed by atoms with Crippen molar-refractivity contribution in [1.29, 1.82) is 0 Å². The lowest BCUT2D eigenvalue weighted by Crippen LogP contribution is -2.48. The maximum atomic E-state index is 11.8. The molecule has 4 unspecified atom stereocenters. The lowest BCUT2D eigenvalue weighted by molar-refractivity contribution is -0.166. The van der Waals surface area contributed by atoms with Crippen LogP contribution in [0.4, 0.5) is 0 Å². The fourth-order valence-corrected chi connectivity index (χ4v) is 3.38. The highest BCUT2D eigenvalue weighted by Crippen LogP contribution is 2.41. The lowest BCUT2D eigenvalue weighted by atomic mass is 9.70. The molecule has 3 aliphatic rings. The zero-order valence-electron chi connectivity index (χ0n) is 12.3. The number of carboxylic acids is 2. The molecule has 2 saturated heterocycles. The summed E-state index contributed by atoms with van der Waals surface area (Å²) in [6.07, 6.45) is 3.53. The van der Waals surface area contributed by atoms with Gasteiger partial charge in [-0.2, -0.15) is 0 Å². The summed E-state index contributed by atoms with van der Waals surface area (Å²) < 4.78 is 0. The van der Waals surface area contributed by atoms with E-state index in [2.05, 4.69) is 5.32 Å². The van der Waals surface area contributed by atoms with E-state index in [0.717, 1.165) is 19.5 Å². The second-order valence-electron chi connectivity index (χ2n) is 5.77. The van der Waals surface area contributed by atoms with Gasteiger partial charge in [0.25, 0.3) is 5.91 Å². The van der Waals surface area contributed by atoms with Crippen LogP contribution in [0.3, 0.4) is 0 Å². The monoisotopic (exact) mass is 312 g/mol. The number of nitrogens with one attached hydrogen (secondary N) is 1. The Kier molecular flexibility index (Phi) is 5.15. The Hall–Kier alpha value is -1.93. The molecular formula is C14H20N2O6. The van der Waals surface area contributed by atoms with Crippen molar-refractivity contribution in [1.82, 2.24) is 10.4 Å². The third-order valence-corrected chi connectivity index (χ3v) is 4.21. The third kappa shape index (κ3) is 3.83. The van der Waals surface area contributed by atoms with Crippen molar-refractivity contribution in [3.63, 3.8) is 0 Å². The number of hydrogen-bond acceptors (Lipinski definition) is 5. The zero-order chi connectivity index (χ0) is 16.3. The summed E-state index contributed by atoms with van der Waals surface area (Å²) in [5.41, 5.74) is 0. The molecule has 122 valence electrons. The van der Waals surface area contributed by atoms with E-state index >= 15 is 0 Å². The standard InChI is InChI=1S/C10H16N2O2.C4H4O4/c1-12-10(13)9-7-2-6(4-11-5-7)3-8(9)14-12;5-3(6)1-2-4(7)8/h6-9,11H,2-5H2,1H3;1-2H,(H,5,6)(H,7,8)/b;2-1+. The number of piperidine rings is 1. The molecule has 1 amide bonds. The summed E-state index contributed by atoms with van der Waals surface area (Å²) in [7, 11) is 1.73. The van der Waals surface area contributed by atoms with Gasteiger partial charge in [0.15, 0.2) is 0 Å². The molecule has 3 rings (SSSR count). The maximum Gasteiger partial charge on any atom is 0.328 e. The molecule has 0 spiro atoms. The van der Waals surface area contributed by atoms with Crippen LogP contribution in [-0.2, 0) is 19.2 Å². The van der Waals surface area contributed by atoms with Gasteiger partial charge in [-0.3, -0.25) is 9.63 Å². The minimum atomic E-state index is -1.26. The molecular weight excluding hydrogens is 292 g/mol. The molecule has 2 heterocycles. The summed E-state index contributed by atoms with van der Waals surface area (Å²) in [6.45, 7) is 2.08. The van der Waals surface area contributed by atoms with Crippen molar-refractivity contribution in [2.24, 2.45) is 17.8 Å². The molecule has 1 aliphatic carbocycles. The number of hydrogen-bond donors (Lipinski definition) is 3. The summed E-state index contributed by atoms with van der Waals surface area (Å²) >= 11 is 0. The highest BCUT2D eigenvalue weighted by Gasteiger charge is 2.50. The van der Waals surface area contributed by atoms with E-state index in [1.807, 2.05) is 0 Å². The van der Waals surface area contributed by atoms with E-state index in [4.69, 9.17) is 15.1 Å². The average Bonchev–Trinajstić information content (AvgIpc) is 2.72. The number of nitrogens with zero attached hydrogens (tertiary/aromatic N) is 1. The van der Waals surface area contributed by atoms with Crippen LogP contribution in [0.25, 0.3) is 0 Å². The first-order valence-electron chi connectivity index (χ1n) is 7.17. The molecule has 0 radical (unpaired) electrons. The van der Waals surface area contributed by atoms with Gasteiger partial charge in [-0.15, -0.1) is 0 Å². The number of rotatable bonds is 2. The van der Waals surface area contributed by atoms with Crippen LogP contribution in [0.5, 0.6) is 0 Å². The van der Waals surface area contributed by atoms with Crippen molar-refractivity contribution >= 4 is 17.8 Å². The number of carboxylic acid groups (broad SMARTS) is 2. The van der Waals surface area contributed by atoms with E-state index in [-0.39, 0.29) is 17.9 Å². The minimum Gasteiger partial charge on any atom is -0.478 e. The molecule has 8 nitrogen and oxygen atoms in total. The molecule has 8 heteroatoms. The largest absolute Gasteiger partial charge is 0.478 e. The van der Waals surface area contributed by atoms with Gasteiger partial charge in [0.1, 0.15) is 0 Å². The molecule has 22 heavy (non-hydrogen) atoms. The Labute approximate surface area is 127 Å². The van der Waals surface area contributed by atoms with Crippen LogP contribution in [0.1, 0.15) is 12.8 Å². The van der Waals surface area contributed by atoms with E-state index in [0.29, 0.717) is 24.0 Å². The fraction of sp³-hybridized carbons (Fsp3) is 0.643. The first-order chi connectivity index (χ1) is 10.4. The Bertz CT molecular complexity index is 474. The molecule has 0 aromatic heterocycles. The number of carbonyl (C=O) groups is 3. The fourth-order valence-electron chi connectivity index (χ4n) is 3.38. The Morgan fingerprint density at radius 1 is 1.23 bits per heavy atom. The molecule has 2 bridgehead atoms. The Balaban J connectivity index is 0.000000192. The first kappa shape index (κ1) is 16.4. The van der Waals surface area contributed by atoms with Gasteiger partial charge in [0.05, 0.1) is 12.0 Å². The smallest absolute Gasteiger partial charge is 0.328 e. The quantitative estimate of drug-likeness (QED) is 0.600. The number of aliphatic carboxylic acids is 2. The van der Waals surface area contributed by atoms with Gasteiger partial charge in [0.2, 0.25) is 0 Å². The van der Waals surface area contributed by atoms with E-state index < -0.39 is 11.9 Å². The highest BCUT2D eigenvalue weighted by atomic mass is 16.7. The van der Waals surface area contributed by atoms with Gasteiger partial charge in [-0.25, -0.2) is 14.7 Å². The zero-order valence-corrected chi connectivity index (χ0v) is 12.3. The van der Waals surface area contributed by atoms with Crippen LogP contribution < -0.4 is 5.32 Å². The van der Waals surface area contributed by atoms with Crippen molar-refractivity contribution < 1.29 is 29.4 Å². The average molecular weight is 312 g/mol. The summed E-state index contributed by atoms with van der Waals surface area (Å²) in [6, 6.07) is 0. The minimum absolute atomic E-state index is 0.129. The molecule has 0 aromatic carbocycles. The van der Waals surface area contributed by atoms with E-state index in [1.165, 1.54) is 11.5 Å². The van der Waals surface area contributed by atoms with Crippen molar-refractivity contribution in [2.45, 2.75) is 18.9 Å². The van der Waals surface area contributed by atoms with Gasteiger partial charge in [0, 0.05) is 19.2 Å². The molecule has 3 N–H and O–H groups in total. The van der Waals surface area contributed by atoms with Crippen LogP contribution >= 0.6 is 0 Å². The third-order valence-electron chi connectivity index (χ3n) is 4.21. The van der Waals surface area contributed by atoms with Gasteiger partial charge in [-0.1, -0.05) is 0 Å². The number of carbonyl (C=O) groups excluding carboxylic acids is 1. The van der Waals surface area contributed by atoms with Crippen molar-refractivity contribution in [2.75, 3.05) is 20.1 Å². The molecule has 0 aromatic rings. The Morgan fingerprint density at radius 3 is 2.45 bits per heavy atom. The van der Waals surface area contributed by atoms with Crippen LogP contribution in [0.2, 0.25) is 0 Å². The highest BCUT2D eigenvalue weighted by molar-refractivity contribution is 5.89. The predicted molar refractivity (Wildman–Crippen MR) is 74.6 cm³/mol. The number of amides is 1. The normalized spacial score (nSPS) is 33.1. The SMILES string of the molecule is CN1OC2CC3CNCC(C3)C2C1=O.O=C(O)/C=C/C(=O)O. The second kappa shape index (κ2) is 6.89. The molecule has 3 fully saturated rings. The van der Waals surface area contributed by atoms with Crippen LogP contribution in [-0.4, -0.2) is 59.4 Å². The predicted octanol–water partition coefficient (Wildman–Crippen LogP) is -0.284. The Morgan fingerprint density at radius 2 is 1.86 bits per heavy atom. The van der Waals surface area contributed by atoms with Crippen LogP contribution in [0, 0.1) is 17.8 Å². The van der Waals surface area contributed by atoms with Crippen molar-refractivity contribution in [3.8, 4) is 0 Å². The summed E-state index contributed by atoms with van der Waals surface area (Å²) in [4.78, 5) is 36.5. The first-order valence-corrected chi connectivity index (χ1v) is 7.17. The molecule has 1 saturated carbocycles. The number of hydroxylamine groups is 2. The van der Waals surface area contributed by atoms with E-state index in [9.17, 15) is 14.4 Å². The van der Waals surface area contributed by atoms with Gasteiger partial charge >= 0.3 is 11.9 Å². The summed E-state index contributed by atoms with van der Waals surface area (Å²) in [5.74, 6) is -0.981. The molecule has 4 atom stereocenters. The van der Waals surface area contributed by atoms with Crippen molar-refractivity contribution in [3.05, 3.63) is 12.2 Å².